The smallest absolute Gasteiger partial charge is 0.193 e. The summed E-state index contributed by atoms with van der Waals surface area (Å²) in [6, 6.07) is 13.9. The maximum absolute atomic E-state index is 12.7. The Morgan fingerprint density at radius 3 is 2.45 bits per heavy atom. The molecule has 0 amide bonds. The minimum atomic E-state index is 0.122. The molecule has 0 aromatic heterocycles. The van der Waals surface area contributed by atoms with Crippen LogP contribution in [0.5, 0.6) is 0 Å². The highest BCUT2D eigenvalue weighted by molar-refractivity contribution is 6.10. The number of hydrogen-bond donors (Lipinski definition) is 0. The van der Waals surface area contributed by atoms with Crippen molar-refractivity contribution in [2.45, 2.75) is 34.1 Å². The van der Waals surface area contributed by atoms with Crippen molar-refractivity contribution in [3.63, 3.8) is 0 Å². The fourth-order valence-electron chi connectivity index (χ4n) is 2.46. The van der Waals surface area contributed by atoms with Gasteiger partial charge in [0.2, 0.25) is 0 Å². The van der Waals surface area contributed by atoms with Crippen LogP contribution in [0.2, 0.25) is 0 Å². The van der Waals surface area contributed by atoms with Gasteiger partial charge in [0.05, 0.1) is 0 Å². The second-order valence-electron chi connectivity index (χ2n) is 5.87. The third-order valence-corrected chi connectivity index (χ3v) is 3.68. The summed E-state index contributed by atoms with van der Waals surface area (Å²) in [5.41, 5.74) is 5.07. The van der Waals surface area contributed by atoms with E-state index in [0.717, 1.165) is 28.7 Å². The lowest BCUT2D eigenvalue weighted by Gasteiger charge is -2.10. The van der Waals surface area contributed by atoms with Crippen LogP contribution in [-0.4, -0.2) is 5.78 Å². The highest BCUT2D eigenvalue weighted by Crippen LogP contribution is 2.19. The van der Waals surface area contributed by atoms with Crippen LogP contribution < -0.4 is 0 Å². The Labute approximate surface area is 121 Å². The topological polar surface area (TPSA) is 17.1 Å². The van der Waals surface area contributed by atoms with Gasteiger partial charge in [0.25, 0.3) is 0 Å². The van der Waals surface area contributed by atoms with Crippen LogP contribution in [0.3, 0.4) is 0 Å². The van der Waals surface area contributed by atoms with Crippen molar-refractivity contribution in [1.29, 1.82) is 0 Å². The van der Waals surface area contributed by atoms with Gasteiger partial charge in [-0.25, -0.2) is 0 Å². The van der Waals surface area contributed by atoms with E-state index in [9.17, 15) is 4.79 Å². The predicted molar refractivity (Wildman–Crippen MR) is 84.3 cm³/mol. The van der Waals surface area contributed by atoms with Crippen molar-refractivity contribution in [3.8, 4) is 0 Å². The van der Waals surface area contributed by atoms with Gasteiger partial charge >= 0.3 is 0 Å². The van der Waals surface area contributed by atoms with E-state index in [1.54, 1.807) is 0 Å². The third-order valence-electron chi connectivity index (χ3n) is 3.68. The molecule has 2 rings (SSSR count). The second kappa shape index (κ2) is 6.04. The molecule has 0 atom stereocenters. The molecule has 0 aliphatic rings. The van der Waals surface area contributed by atoms with E-state index in [-0.39, 0.29) is 5.78 Å². The van der Waals surface area contributed by atoms with Gasteiger partial charge in [-0.2, -0.15) is 0 Å². The van der Waals surface area contributed by atoms with Crippen molar-refractivity contribution >= 4 is 5.78 Å². The summed E-state index contributed by atoms with van der Waals surface area (Å²) in [5.74, 6) is 0.720. The Morgan fingerprint density at radius 1 is 1.05 bits per heavy atom. The Balaban J connectivity index is 2.36. The maximum Gasteiger partial charge on any atom is 0.193 e. The molecule has 0 unspecified atom stereocenters. The summed E-state index contributed by atoms with van der Waals surface area (Å²) in [7, 11) is 0. The molecule has 0 saturated heterocycles. The van der Waals surface area contributed by atoms with Gasteiger partial charge in [0.15, 0.2) is 5.78 Å². The molecule has 1 heteroatoms. The average Bonchev–Trinajstić information content (AvgIpc) is 2.41. The van der Waals surface area contributed by atoms with Gasteiger partial charge in [-0.15, -0.1) is 0 Å². The molecule has 2 aromatic carbocycles. The Bertz CT molecular complexity index is 623. The SMILES string of the molecule is Cc1cccc(C(=O)c2cccc(CC(C)C)c2)c1C. The fourth-order valence-corrected chi connectivity index (χ4v) is 2.46. The van der Waals surface area contributed by atoms with Gasteiger partial charge < -0.3 is 0 Å². The standard InChI is InChI=1S/C19H22O/c1-13(2)11-16-8-6-9-17(12-16)19(20)18-10-5-7-14(3)15(18)4/h5-10,12-13H,11H2,1-4H3. The lowest BCUT2D eigenvalue weighted by molar-refractivity contribution is 0.103. The molecule has 104 valence electrons. The molecule has 0 spiro atoms. The lowest BCUT2D eigenvalue weighted by atomic mass is 9.94. The average molecular weight is 266 g/mol. The van der Waals surface area contributed by atoms with Crippen LogP contribution in [0.15, 0.2) is 42.5 Å². The first kappa shape index (κ1) is 14.5. The minimum absolute atomic E-state index is 0.122. The predicted octanol–water partition coefficient (Wildman–Crippen LogP) is 4.73. The zero-order chi connectivity index (χ0) is 14.7. The van der Waals surface area contributed by atoms with Gasteiger partial charge in [0, 0.05) is 11.1 Å². The van der Waals surface area contributed by atoms with Crippen molar-refractivity contribution in [2.24, 2.45) is 5.92 Å². The number of carbonyl (C=O) groups excluding carboxylic acids is 1. The largest absolute Gasteiger partial charge is 0.289 e. The van der Waals surface area contributed by atoms with E-state index in [2.05, 4.69) is 19.9 Å². The molecule has 0 bridgehead atoms. The van der Waals surface area contributed by atoms with E-state index in [0.29, 0.717) is 5.92 Å². The third kappa shape index (κ3) is 3.16. The Morgan fingerprint density at radius 2 is 1.75 bits per heavy atom. The molecule has 0 aliphatic heterocycles. The molecule has 0 heterocycles. The van der Waals surface area contributed by atoms with E-state index < -0.39 is 0 Å². The first-order valence-electron chi connectivity index (χ1n) is 7.19. The normalized spacial score (nSPS) is 10.8. The van der Waals surface area contributed by atoms with E-state index in [1.165, 1.54) is 5.56 Å². The number of hydrogen-bond acceptors (Lipinski definition) is 1. The molecular weight excluding hydrogens is 244 g/mol. The molecule has 0 saturated carbocycles. The van der Waals surface area contributed by atoms with E-state index >= 15 is 0 Å². The molecule has 2 aromatic rings. The van der Waals surface area contributed by atoms with Crippen LogP contribution in [-0.2, 0) is 6.42 Å². The first-order chi connectivity index (χ1) is 9.49. The van der Waals surface area contributed by atoms with Crippen LogP contribution in [0.25, 0.3) is 0 Å². The van der Waals surface area contributed by atoms with E-state index in [4.69, 9.17) is 0 Å². The minimum Gasteiger partial charge on any atom is -0.289 e. The fraction of sp³-hybridized carbons (Fsp3) is 0.316. The summed E-state index contributed by atoms with van der Waals surface area (Å²) in [6.45, 7) is 8.44. The number of ketones is 1. The zero-order valence-corrected chi connectivity index (χ0v) is 12.7. The molecule has 1 nitrogen and oxygen atoms in total. The molecular formula is C19H22O. The van der Waals surface area contributed by atoms with Crippen LogP contribution >= 0.6 is 0 Å². The maximum atomic E-state index is 12.7. The number of carbonyl (C=O) groups is 1. The van der Waals surface area contributed by atoms with Crippen LogP contribution in [0, 0.1) is 19.8 Å². The van der Waals surface area contributed by atoms with Crippen LogP contribution in [0.4, 0.5) is 0 Å². The summed E-state index contributed by atoms with van der Waals surface area (Å²) >= 11 is 0. The number of benzene rings is 2. The summed E-state index contributed by atoms with van der Waals surface area (Å²) in [4.78, 5) is 12.7. The van der Waals surface area contributed by atoms with Gasteiger partial charge in [0.1, 0.15) is 0 Å². The second-order valence-corrected chi connectivity index (χ2v) is 5.87. The molecule has 0 N–H and O–H groups in total. The van der Waals surface area contributed by atoms with Crippen molar-refractivity contribution in [1.82, 2.24) is 0 Å². The van der Waals surface area contributed by atoms with Crippen LogP contribution in [0.1, 0.15) is 46.5 Å². The Hall–Kier alpha value is -1.89. The molecule has 0 radical (unpaired) electrons. The summed E-state index contributed by atoms with van der Waals surface area (Å²) in [5, 5.41) is 0. The van der Waals surface area contributed by atoms with Crippen molar-refractivity contribution in [3.05, 3.63) is 70.3 Å². The Kier molecular flexibility index (Phi) is 4.39. The molecule has 0 fully saturated rings. The quantitative estimate of drug-likeness (QED) is 0.731. The number of aryl methyl sites for hydroxylation is 1. The first-order valence-corrected chi connectivity index (χ1v) is 7.19. The summed E-state index contributed by atoms with van der Waals surface area (Å²) < 4.78 is 0. The van der Waals surface area contributed by atoms with Gasteiger partial charge in [-0.1, -0.05) is 50.2 Å². The highest BCUT2D eigenvalue weighted by atomic mass is 16.1. The lowest BCUT2D eigenvalue weighted by Crippen LogP contribution is -2.06. The highest BCUT2D eigenvalue weighted by Gasteiger charge is 2.13. The molecule has 20 heavy (non-hydrogen) atoms. The zero-order valence-electron chi connectivity index (χ0n) is 12.7. The monoisotopic (exact) mass is 266 g/mol. The molecule has 0 aliphatic carbocycles. The van der Waals surface area contributed by atoms with Gasteiger partial charge in [-0.3, -0.25) is 4.79 Å². The van der Waals surface area contributed by atoms with Crippen molar-refractivity contribution < 1.29 is 4.79 Å². The van der Waals surface area contributed by atoms with Crippen molar-refractivity contribution in [2.75, 3.05) is 0 Å². The van der Waals surface area contributed by atoms with E-state index in [1.807, 2.05) is 50.2 Å². The van der Waals surface area contributed by atoms with Gasteiger partial charge in [-0.05, 0) is 48.9 Å². The summed E-state index contributed by atoms with van der Waals surface area (Å²) in [6.07, 6.45) is 1.01. The number of rotatable bonds is 4.